The number of hydrogen-bond donors (Lipinski definition) is 1. The molecule has 0 aliphatic carbocycles. The highest BCUT2D eigenvalue weighted by Gasteiger charge is 2.13. The van der Waals surface area contributed by atoms with Crippen LogP contribution >= 0.6 is 0 Å². The number of ether oxygens (including phenoxy) is 1. The molecule has 0 atom stereocenters. The van der Waals surface area contributed by atoms with Gasteiger partial charge >= 0.3 is 5.97 Å². The van der Waals surface area contributed by atoms with Crippen LogP contribution in [-0.2, 0) is 16.1 Å². The third kappa shape index (κ3) is 4.78. The number of anilines is 2. The van der Waals surface area contributed by atoms with Gasteiger partial charge in [-0.15, -0.1) is 0 Å². The van der Waals surface area contributed by atoms with Gasteiger partial charge in [0.1, 0.15) is 6.54 Å². The van der Waals surface area contributed by atoms with E-state index in [0.29, 0.717) is 11.0 Å². The smallest absolute Gasteiger partial charge is 0.326 e. The summed E-state index contributed by atoms with van der Waals surface area (Å²) in [5, 5.41) is 4.13. The van der Waals surface area contributed by atoms with Crippen LogP contribution in [0, 0.1) is 0 Å². The van der Waals surface area contributed by atoms with Crippen LogP contribution in [0.25, 0.3) is 11.0 Å². The lowest BCUT2D eigenvalue weighted by molar-refractivity contribution is -0.143. The number of benzene rings is 2. The van der Waals surface area contributed by atoms with Crippen LogP contribution < -0.4 is 15.9 Å². The number of para-hydroxylation sites is 2. The minimum Gasteiger partial charge on any atom is -0.465 e. The van der Waals surface area contributed by atoms with Crippen molar-refractivity contribution in [3.05, 3.63) is 64.4 Å². The molecule has 0 fully saturated rings. The number of fused-ring (bicyclic) bond motifs is 1. The van der Waals surface area contributed by atoms with Crippen LogP contribution in [0.15, 0.2) is 58.4 Å². The first kappa shape index (κ1) is 20.1. The van der Waals surface area contributed by atoms with Gasteiger partial charge in [-0.05, 0) is 36.8 Å². The molecule has 3 aromatic rings. The zero-order valence-corrected chi connectivity index (χ0v) is 16.6. The van der Waals surface area contributed by atoms with E-state index in [1.54, 1.807) is 31.3 Å². The third-order valence-corrected chi connectivity index (χ3v) is 4.24. The third-order valence-electron chi connectivity index (χ3n) is 4.24. The molecule has 8 nitrogen and oxygen atoms in total. The second-order valence-electron chi connectivity index (χ2n) is 6.50. The van der Waals surface area contributed by atoms with Crippen molar-refractivity contribution in [2.45, 2.75) is 13.5 Å². The van der Waals surface area contributed by atoms with E-state index in [-0.39, 0.29) is 19.0 Å². The van der Waals surface area contributed by atoms with Gasteiger partial charge in [0.05, 0.1) is 23.9 Å². The topological polar surface area (TPSA) is 88.8 Å². The average molecular weight is 393 g/mol. The van der Waals surface area contributed by atoms with E-state index in [9.17, 15) is 9.59 Å². The van der Waals surface area contributed by atoms with Crippen LogP contribution in [0.3, 0.4) is 0 Å². The molecule has 0 aliphatic heterocycles. The van der Waals surface area contributed by atoms with Crippen molar-refractivity contribution in [1.82, 2.24) is 9.55 Å². The second kappa shape index (κ2) is 9.01. The Bertz CT molecular complexity index is 1090. The number of carbonyl (C=O) groups is 1. The zero-order chi connectivity index (χ0) is 20.8. The Morgan fingerprint density at radius 1 is 1.21 bits per heavy atom. The Hall–Kier alpha value is -3.68. The Morgan fingerprint density at radius 2 is 1.93 bits per heavy atom. The molecule has 0 radical (unpaired) electrons. The molecule has 2 aromatic carbocycles. The van der Waals surface area contributed by atoms with E-state index in [4.69, 9.17) is 4.74 Å². The highest BCUT2D eigenvalue weighted by atomic mass is 16.5. The Labute approximate surface area is 168 Å². The normalized spacial score (nSPS) is 11.0. The maximum atomic E-state index is 12.8. The van der Waals surface area contributed by atoms with E-state index in [2.05, 4.69) is 15.5 Å². The van der Waals surface area contributed by atoms with Crippen molar-refractivity contribution in [1.29, 1.82) is 0 Å². The van der Waals surface area contributed by atoms with Crippen LogP contribution in [0.1, 0.15) is 12.5 Å². The molecule has 1 aromatic heterocycles. The second-order valence-corrected chi connectivity index (χ2v) is 6.50. The number of nitrogens with zero attached hydrogens (tertiary/aromatic N) is 4. The first-order valence-electron chi connectivity index (χ1n) is 9.21. The molecule has 0 bridgehead atoms. The lowest BCUT2D eigenvalue weighted by Gasteiger charge is -2.12. The predicted octanol–water partition coefficient (Wildman–Crippen LogP) is 2.47. The number of rotatable bonds is 7. The molecule has 0 unspecified atom stereocenters. The fraction of sp³-hybridized carbons (Fsp3) is 0.238. The fourth-order valence-corrected chi connectivity index (χ4v) is 2.78. The summed E-state index contributed by atoms with van der Waals surface area (Å²) in [7, 11) is 3.94. The molecule has 0 saturated carbocycles. The highest BCUT2D eigenvalue weighted by Crippen LogP contribution is 2.13. The Kier molecular flexibility index (Phi) is 6.23. The van der Waals surface area contributed by atoms with Crippen molar-refractivity contribution in [3.8, 4) is 0 Å². The first-order chi connectivity index (χ1) is 14.0. The number of esters is 1. The van der Waals surface area contributed by atoms with E-state index < -0.39 is 11.5 Å². The number of nitrogens with one attached hydrogen (secondary N) is 1. The molecule has 0 aliphatic rings. The van der Waals surface area contributed by atoms with Gasteiger partial charge in [-0.1, -0.05) is 24.3 Å². The van der Waals surface area contributed by atoms with Crippen LogP contribution in [0.4, 0.5) is 11.5 Å². The summed E-state index contributed by atoms with van der Waals surface area (Å²) < 4.78 is 6.32. The minimum atomic E-state index is -0.485. The van der Waals surface area contributed by atoms with Crippen molar-refractivity contribution in [2.75, 3.05) is 31.0 Å². The summed E-state index contributed by atoms with van der Waals surface area (Å²) in [6.45, 7) is 1.77. The summed E-state index contributed by atoms with van der Waals surface area (Å²) >= 11 is 0. The molecule has 150 valence electrons. The standard InChI is InChI=1S/C21H23N5O3/c1-4-29-19(27)14-26-18-8-6-5-7-17(18)23-20(21(26)28)24-22-13-15-9-11-16(12-10-15)25(2)3/h5-13H,4,14H2,1-3H3,(H,23,24)/b22-13+. The average Bonchev–Trinajstić information content (AvgIpc) is 2.71. The number of hydrogen-bond acceptors (Lipinski definition) is 7. The van der Waals surface area contributed by atoms with Gasteiger partial charge in [0.15, 0.2) is 0 Å². The molecule has 1 N–H and O–H groups in total. The number of hydrazone groups is 1. The first-order valence-corrected chi connectivity index (χ1v) is 9.21. The molecular formula is C21H23N5O3. The minimum absolute atomic E-state index is 0.0363. The quantitative estimate of drug-likeness (QED) is 0.377. The van der Waals surface area contributed by atoms with E-state index in [1.807, 2.05) is 49.3 Å². The van der Waals surface area contributed by atoms with Crippen molar-refractivity contribution >= 4 is 34.7 Å². The molecular weight excluding hydrogens is 370 g/mol. The van der Waals surface area contributed by atoms with E-state index >= 15 is 0 Å². The van der Waals surface area contributed by atoms with E-state index in [1.165, 1.54) is 4.57 Å². The lowest BCUT2D eigenvalue weighted by Crippen LogP contribution is -2.28. The lowest BCUT2D eigenvalue weighted by atomic mass is 10.2. The monoisotopic (exact) mass is 393 g/mol. The molecule has 0 spiro atoms. The molecule has 8 heteroatoms. The number of carbonyl (C=O) groups excluding carboxylic acids is 1. The van der Waals surface area contributed by atoms with Crippen molar-refractivity contribution in [2.24, 2.45) is 5.10 Å². The molecule has 29 heavy (non-hydrogen) atoms. The molecule has 0 amide bonds. The Balaban J connectivity index is 1.88. The van der Waals surface area contributed by atoms with Crippen molar-refractivity contribution < 1.29 is 9.53 Å². The van der Waals surface area contributed by atoms with E-state index in [0.717, 1.165) is 11.3 Å². The van der Waals surface area contributed by atoms with Crippen molar-refractivity contribution in [3.63, 3.8) is 0 Å². The van der Waals surface area contributed by atoms with Crippen LogP contribution in [-0.4, -0.2) is 42.4 Å². The van der Waals surface area contributed by atoms with Gasteiger partial charge in [-0.3, -0.25) is 19.6 Å². The van der Waals surface area contributed by atoms with Gasteiger partial charge in [-0.2, -0.15) is 5.10 Å². The SMILES string of the molecule is CCOC(=O)Cn1c(=O)c(N/N=C/c2ccc(N(C)C)cc2)nc2ccccc21. The molecule has 3 rings (SSSR count). The fourth-order valence-electron chi connectivity index (χ4n) is 2.78. The Morgan fingerprint density at radius 3 is 2.62 bits per heavy atom. The van der Waals surface area contributed by atoms with Crippen LogP contribution in [0.5, 0.6) is 0 Å². The molecule has 0 saturated heterocycles. The number of aromatic nitrogens is 2. The van der Waals surface area contributed by atoms with Crippen LogP contribution in [0.2, 0.25) is 0 Å². The predicted molar refractivity (Wildman–Crippen MR) is 115 cm³/mol. The summed E-state index contributed by atoms with van der Waals surface area (Å²) in [6.07, 6.45) is 1.60. The van der Waals surface area contributed by atoms with Gasteiger partial charge in [0.2, 0.25) is 5.82 Å². The zero-order valence-electron chi connectivity index (χ0n) is 16.6. The maximum absolute atomic E-state index is 12.8. The highest BCUT2D eigenvalue weighted by molar-refractivity contribution is 5.81. The largest absolute Gasteiger partial charge is 0.465 e. The summed E-state index contributed by atoms with van der Waals surface area (Å²) in [5.74, 6) is -0.449. The van der Waals surface area contributed by atoms with Gasteiger partial charge < -0.3 is 9.64 Å². The van der Waals surface area contributed by atoms with Gasteiger partial charge in [0, 0.05) is 19.8 Å². The summed E-state index contributed by atoms with van der Waals surface area (Å²) in [5.41, 5.74) is 5.33. The molecule has 1 heterocycles. The van der Waals surface area contributed by atoms with Gasteiger partial charge in [0.25, 0.3) is 5.56 Å². The maximum Gasteiger partial charge on any atom is 0.326 e. The summed E-state index contributed by atoms with van der Waals surface area (Å²) in [4.78, 5) is 31.1. The summed E-state index contributed by atoms with van der Waals surface area (Å²) in [6, 6.07) is 14.9. The van der Waals surface area contributed by atoms with Gasteiger partial charge in [-0.25, -0.2) is 4.98 Å².